The Hall–Kier alpha value is -2.07. The van der Waals surface area contributed by atoms with E-state index in [1.54, 1.807) is 6.08 Å². The molecule has 1 aliphatic carbocycles. The maximum atomic E-state index is 14.0. The molecule has 0 aromatic carbocycles. The summed E-state index contributed by atoms with van der Waals surface area (Å²) < 4.78 is 57.8. The first kappa shape index (κ1) is 71.2. The van der Waals surface area contributed by atoms with Crippen LogP contribution in [0.15, 0.2) is 24.3 Å². The number of hydrogen-bond donors (Lipinski definition) is 12. The summed E-state index contributed by atoms with van der Waals surface area (Å²) >= 11 is 0. The molecule has 3 aliphatic rings. The predicted octanol–water partition coefficient (Wildman–Crippen LogP) is 3.70. The molecule has 2 aliphatic heterocycles. The van der Waals surface area contributed by atoms with Crippen LogP contribution < -0.4 is 0 Å². The van der Waals surface area contributed by atoms with Gasteiger partial charge in [0.15, 0.2) is 18.7 Å². The smallest absolute Gasteiger partial charge is 0.462 e. The summed E-state index contributed by atoms with van der Waals surface area (Å²) in [5.41, 5.74) is 0. The van der Waals surface area contributed by atoms with E-state index < -0.39 is 150 Å². The number of phosphoric acid groups is 1. The van der Waals surface area contributed by atoms with Gasteiger partial charge in [-0.1, -0.05) is 173 Å². The Bertz CT molecular complexity index is 1670. The number of phosphoric ester groups is 1. The SMILES string of the molecule is CCCCCCCCCCCCC/C=C/C=C/C(=O)OC(COC(=O)CCCCCCCCCCCCCCC)COP(=O)(O)OC1C(OC2OC(CO)C(O)C(O)C2O)C(O)C(O)C(O)C1OC1OC(CO)C(O)C(O)C1O. The number of carbonyl (C=O) groups is 2. The first-order chi connectivity index (χ1) is 37.9. The monoisotopic (exact) mass is 1160 g/mol. The standard InChI is InChI=1S/C55H99O23P/c1-3-5-7-9-11-13-15-17-18-20-22-24-26-28-30-32-41(59)73-37(35-71-40(58)31-29-27-25-23-21-19-16-14-12-10-8-6-4-2)36-72-79(69,70)78-53-51(76-54-49(67)44(62)42(60)38(33-56)74-54)47(65)46(64)48(66)52(53)77-55-50(68)45(63)43(61)39(34-57)75-55/h26,28,30,32,37-39,42-57,60-68H,3-25,27,29,31,33-36H2,1-2H3,(H,69,70)/b28-26+,32-30+. The highest BCUT2D eigenvalue weighted by atomic mass is 31.2. The molecule has 12 N–H and O–H groups in total. The average molecular weight is 1160 g/mol. The third kappa shape index (κ3) is 26.2. The van der Waals surface area contributed by atoms with E-state index in [9.17, 15) is 75.2 Å². The maximum absolute atomic E-state index is 14.0. The van der Waals surface area contributed by atoms with Crippen molar-refractivity contribution >= 4 is 19.8 Å². The quantitative estimate of drug-likeness (QED) is 0.0136. The Kier molecular flexibility index (Phi) is 36.3. The summed E-state index contributed by atoms with van der Waals surface area (Å²) in [6.07, 6.45) is -0.493. The van der Waals surface area contributed by atoms with Crippen molar-refractivity contribution in [3.63, 3.8) is 0 Å². The lowest BCUT2D eigenvalue weighted by molar-refractivity contribution is -0.360. The second kappa shape index (κ2) is 40.2. The van der Waals surface area contributed by atoms with Crippen molar-refractivity contribution < 1.29 is 113 Å². The van der Waals surface area contributed by atoms with Gasteiger partial charge in [-0.3, -0.25) is 13.8 Å². The maximum Gasteiger partial charge on any atom is 0.472 e. The van der Waals surface area contributed by atoms with Crippen molar-refractivity contribution in [1.29, 1.82) is 0 Å². The molecule has 24 heteroatoms. The lowest BCUT2D eigenvalue weighted by Crippen LogP contribution is -2.69. The van der Waals surface area contributed by atoms with E-state index in [-0.39, 0.29) is 6.42 Å². The lowest BCUT2D eigenvalue weighted by atomic mass is 9.84. The van der Waals surface area contributed by atoms with Crippen LogP contribution >= 0.6 is 7.82 Å². The van der Waals surface area contributed by atoms with Crippen molar-refractivity contribution in [2.24, 2.45) is 0 Å². The van der Waals surface area contributed by atoms with Gasteiger partial charge in [-0.25, -0.2) is 9.36 Å². The number of carbonyl (C=O) groups excluding carboxylic acids is 2. The summed E-state index contributed by atoms with van der Waals surface area (Å²) in [5, 5.41) is 116. The fraction of sp³-hybridized carbons (Fsp3) is 0.891. The molecule has 3 fully saturated rings. The van der Waals surface area contributed by atoms with Crippen LogP contribution in [-0.2, 0) is 51.6 Å². The van der Waals surface area contributed by atoms with Crippen molar-refractivity contribution in [3.8, 4) is 0 Å². The number of allylic oxidation sites excluding steroid dienone is 3. The molecule has 0 bridgehead atoms. The molecule has 2 heterocycles. The number of esters is 2. The van der Waals surface area contributed by atoms with Crippen LogP contribution in [0.25, 0.3) is 0 Å². The molecule has 462 valence electrons. The molecule has 0 spiro atoms. The Balaban J connectivity index is 1.74. The van der Waals surface area contributed by atoms with E-state index >= 15 is 0 Å². The van der Waals surface area contributed by atoms with Crippen molar-refractivity contribution in [3.05, 3.63) is 24.3 Å². The highest BCUT2D eigenvalue weighted by Gasteiger charge is 2.58. The van der Waals surface area contributed by atoms with Gasteiger partial charge in [0.2, 0.25) is 0 Å². The van der Waals surface area contributed by atoms with Gasteiger partial charge in [-0.05, 0) is 19.3 Å². The molecule has 1 saturated carbocycles. The van der Waals surface area contributed by atoms with Crippen LogP contribution in [0.4, 0.5) is 0 Å². The van der Waals surface area contributed by atoms with Crippen molar-refractivity contribution in [2.45, 2.75) is 285 Å². The Morgan fingerprint density at radius 1 is 0.506 bits per heavy atom. The van der Waals surface area contributed by atoms with E-state index in [0.717, 1.165) is 63.9 Å². The summed E-state index contributed by atoms with van der Waals surface area (Å²) in [6.45, 7) is 0.895. The van der Waals surface area contributed by atoms with Crippen LogP contribution in [0.2, 0.25) is 0 Å². The normalized spacial score (nSPS) is 31.6. The zero-order chi connectivity index (χ0) is 58.2. The molecule has 23 nitrogen and oxygen atoms in total. The summed E-state index contributed by atoms with van der Waals surface area (Å²) in [5.74, 6) is -1.58. The largest absolute Gasteiger partial charge is 0.472 e. The van der Waals surface area contributed by atoms with Gasteiger partial charge in [0.25, 0.3) is 0 Å². The average Bonchev–Trinajstić information content (AvgIpc) is 3.55. The highest BCUT2D eigenvalue weighted by Crippen LogP contribution is 2.49. The molecule has 0 radical (unpaired) electrons. The summed E-state index contributed by atoms with van der Waals surface area (Å²) in [6, 6.07) is 0. The highest BCUT2D eigenvalue weighted by molar-refractivity contribution is 7.47. The van der Waals surface area contributed by atoms with Gasteiger partial charge in [-0.15, -0.1) is 0 Å². The first-order valence-electron chi connectivity index (χ1n) is 29.2. The van der Waals surface area contributed by atoms with Crippen molar-refractivity contribution in [2.75, 3.05) is 26.4 Å². The van der Waals surface area contributed by atoms with Crippen LogP contribution in [0.5, 0.6) is 0 Å². The zero-order valence-corrected chi connectivity index (χ0v) is 47.5. The molecule has 79 heavy (non-hydrogen) atoms. The molecular weight excluding hydrogens is 1060 g/mol. The topological polar surface area (TPSA) is 368 Å². The number of aliphatic hydroxyl groups is 11. The van der Waals surface area contributed by atoms with Crippen LogP contribution in [0, 0.1) is 0 Å². The summed E-state index contributed by atoms with van der Waals surface area (Å²) in [4.78, 5) is 37.3. The molecule has 2 saturated heterocycles. The molecule has 0 aromatic rings. The van der Waals surface area contributed by atoms with E-state index in [2.05, 4.69) is 13.8 Å². The number of aliphatic hydroxyl groups excluding tert-OH is 11. The Morgan fingerprint density at radius 3 is 1.34 bits per heavy atom. The summed E-state index contributed by atoms with van der Waals surface area (Å²) in [7, 11) is -5.66. The number of hydrogen-bond acceptors (Lipinski definition) is 22. The fourth-order valence-corrected chi connectivity index (χ4v) is 10.7. The van der Waals surface area contributed by atoms with E-state index in [1.807, 2.05) is 6.08 Å². The molecular formula is C55H99O23P. The van der Waals surface area contributed by atoms with E-state index in [0.29, 0.717) is 6.42 Å². The van der Waals surface area contributed by atoms with Gasteiger partial charge in [0, 0.05) is 12.5 Å². The minimum atomic E-state index is -5.66. The molecule has 3 rings (SSSR count). The second-order valence-electron chi connectivity index (χ2n) is 21.2. The fourth-order valence-electron chi connectivity index (χ4n) is 9.73. The zero-order valence-electron chi connectivity index (χ0n) is 46.6. The van der Waals surface area contributed by atoms with Crippen LogP contribution in [0.3, 0.4) is 0 Å². The number of rotatable bonds is 42. The lowest BCUT2D eigenvalue weighted by Gasteiger charge is -2.49. The minimum absolute atomic E-state index is 0.0363. The van der Waals surface area contributed by atoms with Gasteiger partial charge >= 0.3 is 19.8 Å². The molecule has 16 unspecified atom stereocenters. The Morgan fingerprint density at radius 2 is 0.911 bits per heavy atom. The van der Waals surface area contributed by atoms with E-state index in [4.69, 9.17) is 37.5 Å². The van der Waals surface area contributed by atoms with Gasteiger partial charge < -0.3 is 89.5 Å². The van der Waals surface area contributed by atoms with Crippen molar-refractivity contribution in [1.82, 2.24) is 0 Å². The third-order valence-electron chi connectivity index (χ3n) is 14.6. The molecule has 16 atom stereocenters. The second-order valence-corrected chi connectivity index (χ2v) is 22.7. The van der Waals surface area contributed by atoms with Crippen LogP contribution in [0.1, 0.15) is 181 Å². The van der Waals surface area contributed by atoms with Gasteiger partial charge in [-0.2, -0.15) is 0 Å². The minimum Gasteiger partial charge on any atom is -0.462 e. The molecule has 0 amide bonds. The number of unbranched alkanes of at least 4 members (excludes halogenated alkanes) is 23. The van der Waals surface area contributed by atoms with Gasteiger partial charge in [0.1, 0.15) is 92.1 Å². The third-order valence-corrected chi connectivity index (χ3v) is 15.6. The molecule has 0 aromatic heterocycles. The number of ether oxygens (including phenoxy) is 6. The predicted molar refractivity (Wildman–Crippen MR) is 286 cm³/mol. The van der Waals surface area contributed by atoms with Crippen LogP contribution in [-0.4, -0.2) is 204 Å². The Labute approximate surface area is 466 Å². The van der Waals surface area contributed by atoms with Gasteiger partial charge in [0.05, 0.1) is 19.8 Å². The van der Waals surface area contributed by atoms with E-state index in [1.165, 1.54) is 102 Å². The first-order valence-corrected chi connectivity index (χ1v) is 30.7.